The van der Waals surface area contributed by atoms with Gasteiger partial charge in [0.25, 0.3) is 5.90 Å². The van der Waals surface area contributed by atoms with E-state index in [1.54, 1.807) is 12.1 Å². The van der Waals surface area contributed by atoms with Gasteiger partial charge >= 0.3 is 0 Å². The van der Waals surface area contributed by atoms with Gasteiger partial charge in [-0.3, -0.25) is 9.79 Å². The van der Waals surface area contributed by atoms with Crippen LogP contribution in [0.15, 0.2) is 58.5 Å². The van der Waals surface area contributed by atoms with Gasteiger partial charge in [0, 0.05) is 12.0 Å². The molecule has 0 saturated heterocycles. The van der Waals surface area contributed by atoms with Crippen LogP contribution < -0.4 is 0 Å². The summed E-state index contributed by atoms with van der Waals surface area (Å²) in [6.07, 6.45) is 0.413. The third kappa shape index (κ3) is 2.48. The molecule has 0 saturated carbocycles. The number of carbonyl (C=O) groups is 1. The van der Waals surface area contributed by atoms with E-state index in [4.69, 9.17) is 4.74 Å². The van der Waals surface area contributed by atoms with Crippen molar-refractivity contribution in [3.05, 3.63) is 59.7 Å². The van der Waals surface area contributed by atoms with Gasteiger partial charge in [0.05, 0.1) is 23.9 Å². The molecule has 0 aromatic heterocycles. The summed E-state index contributed by atoms with van der Waals surface area (Å²) < 4.78 is 5.36. The Morgan fingerprint density at radius 3 is 2.71 bits per heavy atom. The monoisotopic (exact) mass is 320 g/mol. The van der Waals surface area contributed by atoms with E-state index >= 15 is 0 Å². The Kier molecular flexibility index (Phi) is 3.61. The summed E-state index contributed by atoms with van der Waals surface area (Å²) in [4.78, 5) is 21.7. The van der Waals surface area contributed by atoms with E-state index in [1.807, 2.05) is 36.4 Å². The maximum absolute atomic E-state index is 12.9. The van der Waals surface area contributed by atoms with Crippen LogP contribution in [0, 0.1) is 0 Å². The molecule has 120 valence electrons. The summed E-state index contributed by atoms with van der Waals surface area (Å²) in [6, 6.07) is 14.6. The Balaban J connectivity index is 1.78. The summed E-state index contributed by atoms with van der Waals surface area (Å²) in [7, 11) is 0. The molecule has 0 bridgehead atoms. The molecule has 0 spiro atoms. The molecule has 2 aliphatic rings. The highest BCUT2D eigenvalue weighted by Crippen LogP contribution is 2.38. The molecular formula is C19H16N2O3. The fourth-order valence-corrected chi connectivity index (χ4v) is 3.13. The quantitative estimate of drug-likeness (QED) is 0.945. The third-order valence-electron chi connectivity index (χ3n) is 4.29. The molecule has 2 heterocycles. The standard InChI is InChI=1S/C19H16N2O3/c22-17-8-4-2-6-13(17)16-11-14(18(23)19-20-9-10-24-19)12-5-1-3-7-15(12)21-16/h1-8,14,22H,9-11H2. The number of ketones is 1. The first-order chi connectivity index (χ1) is 11.7. The molecule has 2 aromatic carbocycles. The number of carbonyl (C=O) groups excluding carboxylic acids is 1. The minimum absolute atomic E-state index is 0.122. The molecule has 5 nitrogen and oxygen atoms in total. The van der Waals surface area contributed by atoms with Gasteiger partial charge < -0.3 is 9.84 Å². The lowest BCUT2D eigenvalue weighted by atomic mass is 9.84. The Labute approximate surface area is 139 Å². The van der Waals surface area contributed by atoms with Crippen LogP contribution in [-0.2, 0) is 9.53 Å². The fourth-order valence-electron chi connectivity index (χ4n) is 3.13. The average molecular weight is 320 g/mol. The summed E-state index contributed by atoms with van der Waals surface area (Å²) in [5, 5.41) is 10.1. The topological polar surface area (TPSA) is 71.2 Å². The highest BCUT2D eigenvalue weighted by atomic mass is 16.5. The largest absolute Gasteiger partial charge is 0.507 e. The molecule has 1 unspecified atom stereocenters. The number of para-hydroxylation sites is 2. The van der Waals surface area contributed by atoms with Gasteiger partial charge in [-0.05, 0) is 23.8 Å². The van der Waals surface area contributed by atoms with Gasteiger partial charge in [0.15, 0.2) is 0 Å². The Morgan fingerprint density at radius 2 is 1.92 bits per heavy atom. The first-order valence-electron chi connectivity index (χ1n) is 7.90. The summed E-state index contributed by atoms with van der Waals surface area (Å²) in [6.45, 7) is 0.978. The number of aliphatic imine (C=N–C) groups is 2. The van der Waals surface area contributed by atoms with E-state index in [1.165, 1.54) is 0 Å². The lowest BCUT2D eigenvalue weighted by Crippen LogP contribution is -2.27. The van der Waals surface area contributed by atoms with E-state index in [2.05, 4.69) is 9.98 Å². The van der Waals surface area contributed by atoms with Gasteiger partial charge in [0.1, 0.15) is 12.4 Å². The number of nitrogens with zero attached hydrogens (tertiary/aromatic N) is 2. The van der Waals surface area contributed by atoms with Gasteiger partial charge in [-0.2, -0.15) is 0 Å². The van der Waals surface area contributed by atoms with Crippen LogP contribution >= 0.6 is 0 Å². The number of ether oxygens (including phenoxy) is 1. The number of hydrogen-bond acceptors (Lipinski definition) is 5. The van der Waals surface area contributed by atoms with E-state index in [0.717, 1.165) is 11.3 Å². The van der Waals surface area contributed by atoms with Gasteiger partial charge in [-0.1, -0.05) is 30.3 Å². The zero-order valence-corrected chi connectivity index (χ0v) is 13.0. The second-order valence-corrected chi connectivity index (χ2v) is 5.79. The number of Topliss-reactive ketones (excluding diaryl/α,β-unsaturated/α-hetero) is 1. The van der Waals surface area contributed by atoms with E-state index in [0.29, 0.717) is 30.8 Å². The number of hydrogen-bond donors (Lipinski definition) is 1. The highest BCUT2D eigenvalue weighted by Gasteiger charge is 2.34. The Hall–Kier alpha value is -2.95. The second-order valence-electron chi connectivity index (χ2n) is 5.79. The number of benzene rings is 2. The van der Waals surface area contributed by atoms with Crippen molar-refractivity contribution in [3.8, 4) is 5.75 Å². The molecule has 4 rings (SSSR count). The van der Waals surface area contributed by atoms with Crippen molar-refractivity contribution in [1.29, 1.82) is 0 Å². The molecular weight excluding hydrogens is 304 g/mol. The van der Waals surface area contributed by atoms with Crippen molar-refractivity contribution < 1.29 is 14.6 Å². The van der Waals surface area contributed by atoms with E-state index < -0.39 is 5.92 Å². The smallest absolute Gasteiger partial charge is 0.254 e. The van der Waals surface area contributed by atoms with Crippen LogP contribution in [0.5, 0.6) is 5.75 Å². The summed E-state index contributed by atoms with van der Waals surface area (Å²) in [5.41, 5.74) is 2.97. The third-order valence-corrected chi connectivity index (χ3v) is 4.29. The maximum Gasteiger partial charge on any atom is 0.254 e. The molecule has 2 aromatic rings. The predicted octanol–water partition coefficient (Wildman–Crippen LogP) is 3.00. The minimum atomic E-state index is -0.398. The molecule has 0 aliphatic carbocycles. The lowest BCUT2D eigenvalue weighted by molar-refractivity contribution is -0.115. The van der Waals surface area contributed by atoms with Crippen LogP contribution in [0.4, 0.5) is 5.69 Å². The van der Waals surface area contributed by atoms with Crippen molar-refractivity contribution in [1.82, 2.24) is 0 Å². The molecule has 1 N–H and O–H groups in total. The molecule has 5 heteroatoms. The lowest BCUT2D eigenvalue weighted by Gasteiger charge is -2.24. The zero-order chi connectivity index (χ0) is 16.5. The van der Waals surface area contributed by atoms with Crippen molar-refractivity contribution in [2.45, 2.75) is 12.3 Å². The number of phenolic OH excluding ortho intramolecular Hbond substituents is 1. The van der Waals surface area contributed by atoms with Crippen molar-refractivity contribution in [2.24, 2.45) is 9.98 Å². The summed E-state index contributed by atoms with van der Waals surface area (Å²) >= 11 is 0. The molecule has 2 aliphatic heterocycles. The number of rotatable bonds is 3. The Bertz CT molecular complexity index is 870. The molecule has 0 fully saturated rings. The predicted molar refractivity (Wildman–Crippen MR) is 91.4 cm³/mol. The van der Waals surface area contributed by atoms with Crippen LogP contribution in [-0.4, -0.2) is 35.7 Å². The highest BCUT2D eigenvalue weighted by molar-refractivity contribution is 6.39. The van der Waals surface area contributed by atoms with Crippen molar-refractivity contribution in [3.63, 3.8) is 0 Å². The number of fused-ring (bicyclic) bond motifs is 1. The normalized spacial score (nSPS) is 19.1. The van der Waals surface area contributed by atoms with Crippen LogP contribution in [0.3, 0.4) is 0 Å². The minimum Gasteiger partial charge on any atom is -0.507 e. The van der Waals surface area contributed by atoms with Crippen LogP contribution in [0.1, 0.15) is 23.5 Å². The van der Waals surface area contributed by atoms with Crippen LogP contribution in [0.25, 0.3) is 0 Å². The number of phenols is 1. The summed E-state index contributed by atoms with van der Waals surface area (Å²) in [5.74, 6) is -0.155. The molecule has 0 radical (unpaired) electrons. The average Bonchev–Trinajstić information content (AvgIpc) is 3.15. The first-order valence-corrected chi connectivity index (χ1v) is 7.90. The Morgan fingerprint density at radius 1 is 1.12 bits per heavy atom. The van der Waals surface area contributed by atoms with Crippen LogP contribution in [0.2, 0.25) is 0 Å². The van der Waals surface area contributed by atoms with Crippen molar-refractivity contribution in [2.75, 3.05) is 13.2 Å². The zero-order valence-electron chi connectivity index (χ0n) is 13.0. The van der Waals surface area contributed by atoms with Crippen molar-refractivity contribution >= 4 is 23.1 Å². The first kappa shape index (κ1) is 14.6. The van der Waals surface area contributed by atoms with Gasteiger partial charge in [0.2, 0.25) is 5.78 Å². The SMILES string of the molecule is O=C(C1=NCCO1)C1CC(c2ccccc2O)=Nc2ccccc21. The number of aromatic hydroxyl groups is 1. The second kappa shape index (κ2) is 5.92. The van der Waals surface area contributed by atoms with Gasteiger partial charge in [-0.15, -0.1) is 0 Å². The molecule has 1 atom stereocenters. The fraction of sp³-hybridized carbons (Fsp3) is 0.211. The maximum atomic E-state index is 12.9. The van der Waals surface area contributed by atoms with E-state index in [9.17, 15) is 9.90 Å². The molecule has 0 amide bonds. The molecule has 24 heavy (non-hydrogen) atoms. The van der Waals surface area contributed by atoms with Gasteiger partial charge in [-0.25, -0.2) is 4.99 Å². The van der Waals surface area contributed by atoms with E-state index in [-0.39, 0.29) is 17.4 Å².